The third-order valence-electron chi connectivity index (χ3n) is 3.96. The number of nitrogens with zero attached hydrogens (tertiary/aromatic N) is 4. The van der Waals surface area contributed by atoms with Gasteiger partial charge in [0.05, 0.1) is 15.5 Å². The predicted molar refractivity (Wildman–Crippen MR) is 109 cm³/mol. The summed E-state index contributed by atoms with van der Waals surface area (Å²) in [5.41, 5.74) is 0.777. The number of anilines is 2. The van der Waals surface area contributed by atoms with Crippen molar-refractivity contribution in [2.45, 2.75) is 9.92 Å². The summed E-state index contributed by atoms with van der Waals surface area (Å²) in [4.78, 5) is 24.4. The Morgan fingerprint density at radius 2 is 1.93 bits per heavy atom. The summed E-state index contributed by atoms with van der Waals surface area (Å²) in [6, 6.07) is 13.2. The number of nitro groups is 1. The van der Waals surface area contributed by atoms with Crippen molar-refractivity contribution in [2.75, 3.05) is 5.32 Å². The molecule has 0 bridgehead atoms. The third-order valence-corrected chi connectivity index (χ3v) is 5.29. The second-order valence-corrected chi connectivity index (χ2v) is 7.26. The predicted octanol–water partition coefficient (Wildman–Crippen LogP) is 5.62. The lowest BCUT2D eigenvalue weighted by Crippen LogP contribution is -2.03. The van der Waals surface area contributed by atoms with E-state index < -0.39 is 10.7 Å². The smallest absolute Gasteiger partial charge is 0.334 e. The van der Waals surface area contributed by atoms with Crippen LogP contribution in [0.1, 0.15) is 0 Å². The zero-order valence-electron chi connectivity index (χ0n) is 14.5. The molecule has 7 nitrogen and oxygen atoms in total. The first-order valence-corrected chi connectivity index (χ1v) is 9.45. The van der Waals surface area contributed by atoms with E-state index >= 15 is 0 Å². The van der Waals surface area contributed by atoms with Gasteiger partial charge in [0, 0.05) is 22.2 Å². The molecular formula is C19H11ClFN5O2S. The Bertz CT molecular complexity index is 1240. The van der Waals surface area contributed by atoms with Gasteiger partial charge in [-0.2, -0.15) is 0 Å². The molecule has 0 amide bonds. The van der Waals surface area contributed by atoms with Crippen LogP contribution >= 0.6 is 23.4 Å². The molecule has 0 saturated heterocycles. The molecule has 2 aromatic carbocycles. The molecule has 4 aromatic rings. The highest BCUT2D eigenvalue weighted by atomic mass is 35.5. The maximum absolute atomic E-state index is 13.4. The van der Waals surface area contributed by atoms with E-state index in [1.54, 1.807) is 6.20 Å². The van der Waals surface area contributed by atoms with Crippen LogP contribution in [0.5, 0.6) is 0 Å². The second-order valence-electron chi connectivity index (χ2n) is 5.82. The van der Waals surface area contributed by atoms with Crippen molar-refractivity contribution in [1.29, 1.82) is 0 Å². The van der Waals surface area contributed by atoms with Crippen LogP contribution < -0.4 is 5.32 Å². The first-order valence-electron chi connectivity index (χ1n) is 8.26. The largest absolute Gasteiger partial charge is 0.343 e. The summed E-state index contributed by atoms with van der Waals surface area (Å²) >= 11 is 6.90. The number of para-hydroxylation sites is 1. The molecule has 0 saturated carbocycles. The van der Waals surface area contributed by atoms with E-state index in [2.05, 4.69) is 20.3 Å². The third kappa shape index (κ3) is 3.96. The molecule has 2 aromatic heterocycles. The van der Waals surface area contributed by atoms with E-state index in [0.717, 1.165) is 28.1 Å². The zero-order valence-corrected chi connectivity index (χ0v) is 16.1. The normalized spacial score (nSPS) is 10.8. The van der Waals surface area contributed by atoms with Crippen molar-refractivity contribution in [3.63, 3.8) is 0 Å². The van der Waals surface area contributed by atoms with E-state index in [-0.39, 0.29) is 21.6 Å². The Balaban J connectivity index is 1.75. The van der Waals surface area contributed by atoms with E-state index in [1.165, 1.54) is 18.5 Å². The molecule has 0 fully saturated rings. The topological polar surface area (TPSA) is 93.8 Å². The maximum atomic E-state index is 13.4. The van der Waals surface area contributed by atoms with Crippen LogP contribution in [0.4, 0.5) is 21.6 Å². The molecule has 2 heterocycles. The summed E-state index contributed by atoms with van der Waals surface area (Å²) in [6.07, 6.45) is 2.88. The molecule has 0 spiro atoms. The van der Waals surface area contributed by atoms with Gasteiger partial charge in [-0.1, -0.05) is 41.6 Å². The molecule has 4 rings (SSSR count). The molecule has 0 radical (unpaired) electrons. The fourth-order valence-electron chi connectivity index (χ4n) is 2.67. The number of fused-ring (bicyclic) bond motifs is 1. The van der Waals surface area contributed by atoms with Crippen molar-refractivity contribution in [3.8, 4) is 0 Å². The van der Waals surface area contributed by atoms with Crippen molar-refractivity contribution in [2.24, 2.45) is 0 Å². The molecule has 0 aliphatic heterocycles. The monoisotopic (exact) mass is 427 g/mol. The van der Waals surface area contributed by atoms with Crippen LogP contribution in [0.3, 0.4) is 0 Å². The van der Waals surface area contributed by atoms with Crippen molar-refractivity contribution < 1.29 is 9.31 Å². The average Bonchev–Trinajstić information content (AvgIpc) is 2.71. The summed E-state index contributed by atoms with van der Waals surface area (Å²) in [6.45, 7) is 0. The van der Waals surface area contributed by atoms with Gasteiger partial charge in [0.25, 0.3) is 0 Å². The Kier molecular flexibility index (Phi) is 5.24. The van der Waals surface area contributed by atoms with Crippen LogP contribution in [0.2, 0.25) is 5.02 Å². The van der Waals surface area contributed by atoms with Gasteiger partial charge in [0.15, 0.2) is 5.03 Å². The Morgan fingerprint density at radius 3 is 2.72 bits per heavy atom. The summed E-state index contributed by atoms with van der Waals surface area (Å²) in [5.74, 6) is -0.613. The number of halogens is 2. The van der Waals surface area contributed by atoms with Gasteiger partial charge in [-0.25, -0.2) is 14.4 Å². The van der Waals surface area contributed by atoms with Gasteiger partial charge in [-0.15, -0.1) is 0 Å². The molecule has 144 valence electrons. The minimum Gasteiger partial charge on any atom is -0.334 e. The number of nitrogens with one attached hydrogen (secondary N) is 1. The lowest BCUT2D eigenvalue weighted by molar-refractivity contribution is -0.387. The number of aromatic nitrogens is 3. The lowest BCUT2D eigenvalue weighted by atomic mass is 10.2. The SMILES string of the molecule is O=[N+]([O-])c1c(Nc2ccc(F)c(Cl)c2)ncnc1Sc1cccc2cccnc12. The quantitative estimate of drug-likeness (QED) is 0.251. The van der Waals surface area contributed by atoms with Crippen LogP contribution in [0, 0.1) is 15.9 Å². The Hall–Kier alpha value is -3.30. The van der Waals surface area contributed by atoms with Gasteiger partial charge in [-0.05, 0) is 30.3 Å². The van der Waals surface area contributed by atoms with Gasteiger partial charge in [0.1, 0.15) is 12.1 Å². The van der Waals surface area contributed by atoms with Gasteiger partial charge in [-0.3, -0.25) is 15.1 Å². The molecule has 10 heteroatoms. The van der Waals surface area contributed by atoms with Gasteiger partial charge in [0.2, 0.25) is 5.82 Å². The number of hydrogen-bond acceptors (Lipinski definition) is 7. The maximum Gasteiger partial charge on any atom is 0.343 e. The van der Waals surface area contributed by atoms with Gasteiger partial charge >= 0.3 is 5.69 Å². The first kappa shape index (κ1) is 19.0. The van der Waals surface area contributed by atoms with E-state index in [0.29, 0.717) is 11.2 Å². The molecule has 0 aliphatic carbocycles. The van der Waals surface area contributed by atoms with Crippen LogP contribution in [-0.4, -0.2) is 19.9 Å². The Morgan fingerprint density at radius 1 is 1.10 bits per heavy atom. The zero-order chi connectivity index (χ0) is 20.4. The second kappa shape index (κ2) is 7.98. The summed E-state index contributed by atoms with van der Waals surface area (Å²) < 4.78 is 13.4. The molecular weight excluding hydrogens is 417 g/mol. The molecule has 0 unspecified atom stereocenters. The fraction of sp³-hybridized carbons (Fsp3) is 0. The van der Waals surface area contributed by atoms with Crippen LogP contribution in [-0.2, 0) is 0 Å². The average molecular weight is 428 g/mol. The number of rotatable bonds is 5. The molecule has 29 heavy (non-hydrogen) atoms. The first-order chi connectivity index (χ1) is 14.0. The van der Waals surface area contributed by atoms with E-state index in [9.17, 15) is 14.5 Å². The number of benzene rings is 2. The fourth-order valence-corrected chi connectivity index (χ4v) is 3.84. The summed E-state index contributed by atoms with van der Waals surface area (Å²) in [7, 11) is 0. The lowest BCUT2D eigenvalue weighted by Gasteiger charge is -2.09. The van der Waals surface area contributed by atoms with Crippen LogP contribution in [0.15, 0.2) is 71.0 Å². The molecule has 1 N–H and O–H groups in total. The number of hydrogen-bond donors (Lipinski definition) is 1. The number of pyridine rings is 1. The highest BCUT2D eigenvalue weighted by Gasteiger charge is 2.24. The van der Waals surface area contributed by atoms with Crippen molar-refractivity contribution >= 4 is 51.5 Å². The minimum atomic E-state index is -0.589. The van der Waals surface area contributed by atoms with E-state index in [4.69, 9.17) is 11.6 Å². The highest BCUT2D eigenvalue weighted by molar-refractivity contribution is 7.99. The van der Waals surface area contributed by atoms with E-state index in [1.807, 2.05) is 30.3 Å². The van der Waals surface area contributed by atoms with Crippen LogP contribution in [0.25, 0.3) is 10.9 Å². The Labute approximate surface area is 173 Å². The molecule has 0 atom stereocenters. The van der Waals surface area contributed by atoms with Crippen molar-refractivity contribution in [3.05, 3.63) is 82.0 Å². The standard InChI is InChI=1S/C19H11ClFN5O2S/c20-13-9-12(6-7-14(13)21)25-18-17(26(27)28)19(24-10-23-18)29-15-5-1-3-11-4-2-8-22-16(11)15/h1-10H,(H,23,24,25). The summed E-state index contributed by atoms with van der Waals surface area (Å²) in [5, 5.41) is 15.5. The minimum absolute atomic E-state index is 0.0247. The van der Waals surface area contributed by atoms with Gasteiger partial charge < -0.3 is 5.32 Å². The van der Waals surface area contributed by atoms with Crippen molar-refractivity contribution in [1.82, 2.24) is 15.0 Å². The highest BCUT2D eigenvalue weighted by Crippen LogP contribution is 2.39. The molecule has 0 aliphatic rings.